The van der Waals surface area contributed by atoms with Gasteiger partial charge in [-0.1, -0.05) is 0 Å². The molecule has 18 heavy (non-hydrogen) atoms. The van der Waals surface area contributed by atoms with E-state index in [2.05, 4.69) is 21.2 Å². The van der Waals surface area contributed by atoms with E-state index in [9.17, 15) is 8.78 Å². The van der Waals surface area contributed by atoms with E-state index in [-0.39, 0.29) is 10.0 Å². The molecule has 96 valence electrons. The number of hydrogen-bond acceptors (Lipinski definition) is 2. The van der Waals surface area contributed by atoms with Gasteiger partial charge < -0.3 is 9.73 Å². The summed E-state index contributed by atoms with van der Waals surface area (Å²) in [6, 6.07) is 3.66. The van der Waals surface area contributed by atoms with Gasteiger partial charge in [0.1, 0.15) is 17.4 Å². The highest BCUT2D eigenvalue weighted by molar-refractivity contribution is 9.10. The van der Waals surface area contributed by atoms with Crippen LogP contribution in [-0.2, 0) is 0 Å². The van der Waals surface area contributed by atoms with E-state index in [4.69, 9.17) is 4.42 Å². The lowest BCUT2D eigenvalue weighted by Crippen LogP contribution is -2.18. The lowest BCUT2D eigenvalue weighted by atomic mass is 10.0. The van der Waals surface area contributed by atoms with E-state index >= 15 is 0 Å². The van der Waals surface area contributed by atoms with Crippen molar-refractivity contribution in [3.05, 3.63) is 57.5 Å². The zero-order valence-corrected chi connectivity index (χ0v) is 11.5. The third kappa shape index (κ3) is 2.47. The summed E-state index contributed by atoms with van der Waals surface area (Å²) in [5, 5.41) is 2.95. The molecule has 1 atom stereocenters. The second-order valence-corrected chi connectivity index (χ2v) is 4.85. The number of furan rings is 1. The molecule has 0 saturated heterocycles. The first-order valence-electron chi connectivity index (χ1n) is 5.39. The first kappa shape index (κ1) is 13.2. The fourth-order valence-corrected chi connectivity index (χ4v) is 2.19. The van der Waals surface area contributed by atoms with Crippen LogP contribution in [0.2, 0.25) is 0 Å². The molecule has 2 aromatic rings. The van der Waals surface area contributed by atoms with Gasteiger partial charge in [-0.25, -0.2) is 8.78 Å². The van der Waals surface area contributed by atoms with Gasteiger partial charge in [0.25, 0.3) is 0 Å². The van der Waals surface area contributed by atoms with Crippen molar-refractivity contribution in [1.29, 1.82) is 0 Å². The maximum atomic E-state index is 13.9. The molecule has 0 bridgehead atoms. The molecule has 0 aliphatic carbocycles. The zero-order valence-electron chi connectivity index (χ0n) is 9.93. The van der Waals surface area contributed by atoms with Gasteiger partial charge in [-0.05, 0) is 48.1 Å². The summed E-state index contributed by atoms with van der Waals surface area (Å²) in [5.41, 5.74) is 1.01. The Labute approximate surface area is 112 Å². The van der Waals surface area contributed by atoms with Crippen LogP contribution in [0.1, 0.15) is 22.9 Å². The van der Waals surface area contributed by atoms with Crippen molar-refractivity contribution < 1.29 is 13.2 Å². The number of nitrogens with one attached hydrogen (secondary N) is 1. The number of hydrogen-bond donors (Lipinski definition) is 1. The number of rotatable bonds is 3. The van der Waals surface area contributed by atoms with Crippen LogP contribution in [0, 0.1) is 18.6 Å². The van der Waals surface area contributed by atoms with E-state index in [1.807, 2.05) is 0 Å². The molecule has 1 aromatic heterocycles. The minimum atomic E-state index is -0.494. The van der Waals surface area contributed by atoms with Gasteiger partial charge >= 0.3 is 0 Å². The molecule has 0 amide bonds. The Bertz CT molecular complexity index is 568. The molecule has 0 radical (unpaired) electrons. The Kier molecular flexibility index (Phi) is 3.82. The van der Waals surface area contributed by atoms with Gasteiger partial charge in [-0.3, -0.25) is 0 Å². The van der Waals surface area contributed by atoms with Gasteiger partial charge in [0.05, 0.1) is 16.8 Å². The molecule has 1 N–H and O–H groups in total. The van der Waals surface area contributed by atoms with Crippen molar-refractivity contribution >= 4 is 15.9 Å². The van der Waals surface area contributed by atoms with Crippen LogP contribution in [0.3, 0.4) is 0 Å². The molecule has 2 rings (SSSR count). The maximum Gasteiger partial charge on any atom is 0.137 e. The van der Waals surface area contributed by atoms with Crippen molar-refractivity contribution in [2.24, 2.45) is 0 Å². The van der Waals surface area contributed by atoms with Crippen molar-refractivity contribution in [2.45, 2.75) is 13.0 Å². The zero-order chi connectivity index (χ0) is 13.3. The lowest BCUT2D eigenvalue weighted by molar-refractivity contribution is 0.522. The van der Waals surface area contributed by atoms with E-state index in [0.29, 0.717) is 0 Å². The van der Waals surface area contributed by atoms with Crippen LogP contribution in [0.5, 0.6) is 0 Å². The number of benzene rings is 1. The Morgan fingerprint density at radius 2 is 1.94 bits per heavy atom. The maximum absolute atomic E-state index is 13.9. The van der Waals surface area contributed by atoms with Crippen LogP contribution < -0.4 is 5.32 Å². The van der Waals surface area contributed by atoms with Gasteiger partial charge in [0.15, 0.2) is 0 Å². The molecule has 0 fully saturated rings. The summed E-state index contributed by atoms with van der Waals surface area (Å²) in [6.45, 7) is 1.80. The minimum Gasteiger partial charge on any atom is -0.469 e. The van der Waals surface area contributed by atoms with Gasteiger partial charge in [0, 0.05) is 11.1 Å². The van der Waals surface area contributed by atoms with Gasteiger partial charge in [-0.2, -0.15) is 0 Å². The fourth-order valence-electron chi connectivity index (χ4n) is 1.88. The van der Waals surface area contributed by atoms with Crippen molar-refractivity contribution in [3.8, 4) is 0 Å². The first-order valence-corrected chi connectivity index (χ1v) is 6.19. The predicted molar refractivity (Wildman–Crippen MR) is 68.4 cm³/mol. The van der Waals surface area contributed by atoms with Crippen molar-refractivity contribution in [2.75, 3.05) is 7.05 Å². The largest absolute Gasteiger partial charge is 0.469 e. The highest BCUT2D eigenvalue weighted by Crippen LogP contribution is 2.29. The Morgan fingerprint density at radius 3 is 2.50 bits per heavy atom. The molecule has 1 heterocycles. The third-order valence-electron chi connectivity index (χ3n) is 2.72. The average Bonchev–Trinajstić information content (AvgIpc) is 2.73. The Balaban J connectivity index is 2.48. The van der Waals surface area contributed by atoms with Crippen molar-refractivity contribution in [1.82, 2.24) is 5.32 Å². The van der Waals surface area contributed by atoms with Crippen LogP contribution >= 0.6 is 15.9 Å². The number of halogens is 3. The molecule has 0 spiro atoms. The summed E-state index contributed by atoms with van der Waals surface area (Å²) < 4.78 is 32.7. The SMILES string of the molecule is CNC(c1coc(C)c1)c1cc(F)c(Br)cc1F. The molecule has 0 saturated carbocycles. The Hall–Kier alpha value is -1.20. The smallest absolute Gasteiger partial charge is 0.137 e. The first-order chi connectivity index (χ1) is 8.52. The second kappa shape index (κ2) is 5.20. The molecule has 0 aliphatic rings. The molecule has 1 aromatic carbocycles. The highest BCUT2D eigenvalue weighted by atomic mass is 79.9. The summed E-state index contributed by atoms with van der Waals surface area (Å²) >= 11 is 2.96. The second-order valence-electron chi connectivity index (χ2n) is 4.00. The van der Waals surface area contributed by atoms with E-state index in [1.54, 1.807) is 20.0 Å². The van der Waals surface area contributed by atoms with E-state index in [0.717, 1.165) is 17.4 Å². The highest BCUT2D eigenvalue weighted by Gasteiger charge is 2.20. The lowest BCUT2D eigenvalue weighted by Gasteiger charge is -2.16. The topological polar surface area (TPSA) is 25.2 Å². The quantitative estimate of drug-likeness (QED) is 0.868. The van der Waals surface area contributed by atoms with Crippen LogP contribution in [0.4, 0.5) is 8.78 Å². The normalized spacial score (nSPS) is 12.7. The van der Waals surface area contributed by atoms with Crippen molar-refractivity contribution in [3.63, 3.8) is 0 Å². The average molecular weight is 316 g/mol. The predicted octanol–water partition coefficient (Wildman–Crippen LogP) is 3.94. The van der Waals surface area contributed by atoms with Gasteiger partial charge in [0.2, 0.25) is 0 Å². The third-order valence-corrected chi connectivity index (χ3v) is 3.33. The molecular formula is C13H12BrF2NO. The fraction of sp³-hybridized carbons (Fsp3) is 0.231. The molecular weight excluding hydrogens is 304 g/mol. The van der Waals surface area contributed by atoms with Crippen LogP contribution in [0.15, 0.2) is 33.4 Å². The summed E-state index contributed by atoms with van der Waals surface area (Å²) in [5.74, 6) is -0.239. The number of aryl methyl sites for hydroxylation is 1. The van der Waals surface area contributed by atoms with Crippen LogP contribution in [-0.4, -0.2) is 7.05 Å². The molecule has 1 unspecified atom stereocenters. The molecule has 5 heteroatoms. The monoisotopic (exact) mass is 315 g/mol. The minimum absolute atomic E-state index is 0.113. The summed E-state index contributed by atoms with van der Waals surface area (Å²) in [4.78, 5) is 0. The Morgan fingerprint density at radius 1 is 1.22 bits per heavy atom. The molecule has 0 aliphatic heterocycles. The van der Waals surface area contributed by atoms with Gasteiger partial charge in [-0.15, -0.1) is 0 Å². The van der Waals surface area contributed by atoms with E-state index < -0.39 is 17.7 Å². The summed E-state index contributed by atoms with van der Waals surface area (Å²) in [7, 11) is 1.69. The van der Waals surface area contributed by atoms with E-state index in [1.165, 1.54) is 12.3 Å². The van der Waals surface area contributed by atoms with Crippen LogP contribution in [0.25, 0.3) is 0 Å². The standard InChI is InChI=1S/C13H12BrF2NO/c1-7-3-8(6-18-7)13(17-2)9-4-12(16)10(14)5-11(9)15/h3-6,13,17H,1-2H3. The summed E-state index contributed by atoms with van der Waals surface area (Å²) in [6.07, 6.45) is 1.54. The molecule has 2 nitrogen and oxygen atoms in total.